The molecule has 1 aromatic carbocycles. The molecule has 3 aliphatic rings. The Labute approximate surface area is 301 Å². The molecule has 1 aromatic rings. The number of imide groups is 1. The average molecular weight is 773 g/mol. The number of likely N-dealkylation sites (tertiary alicyclic amines) is 1. The second kappa shape index (κ2) is 17.9. The van der Waals surface area contributed by atoms with Gasteiger partial charge in [0.1, 0.15) is 36.7 Å². The molecule has 292 valence electrons. The van der Waals surface area contributed by atoms with Gasteiger partial charge in [-0.3, -0.25) is 28.6 Å². The zero-order chi connectivity index (χ0) is 39.0. The van der Waals surface area contributed by atoms with Gasteiger partial charge in [0.05, 0.1) is 31.6 Å². The van der Waals surface area contributed by atoms with Crippen LogP contribution in [0.2, 0.25) is 0 Å². The number of hydrogen-bond donors (Lipinski definition) is 7. The summed E-state index contributed by atoms with van der Waals surface area (Å²) in [5.74, 6) is -4.94. The van der Waals surface area contributed by atoms with Crippen molar-refractivity contribution in [1.29, 1.82) is 0 Å². The Balaban J connectivity index is 1.33. The summed E-state index contributed by atoms with van der Waals surface area (Å²) in [6, 6.07) is 2.70. The number of primary amides is 1. The maximum Gasteiger partial charge on any atom is 0.404 e. The topological polar surface area (TPSA) is 319 Å². The normalized spacial score (nSPS) is 25.9. The molecule has 0 aliphatic carbocycles. The molecular weight excluding hydrogens is 732 g/mol. The monoisotopic (exact) mass is 772 g/mol. The third kappa shape index (κ3) is 10.9. The van der Waals surface area contributed by atoms with Crippen molar-refractivity contribution in [2.45, 2.75) is 75.1 Å². The van der Waals surface area contributed by atoms with E-state index in [1.807, 2.05) is 0 Å². The molecule has 3 heterocycles. The minimum absolute atomic E-state index is 0.00736. The van der Waals surface area contributed by atoms with Gasteiger partial charge in [0, 0.05) is 30.7 Å². The molecule has 0 saturated carbocycles. The van der Waals surface area contributed by atoms with Crippen LogP contribution in [0.3, 0.4) is 0 Å². The molecule has 0 spiro atoms. The molecule has 53 heavy (non-hydrogen) atoms. The van der Waals surface area contributed by atoms with Gasteiger partial charge in [-0.1, -0.05) is 12.1 Å². The smallest absolute Gasteiger partial charge is 0.404 e. The Bertz CT molecular complexity index is 1690. The second-order valence-electron chi connectivity index (χ2n) is 12.3. The molecule has 5 amide bonds. The van der Waals surface area contributed by atoms with Gasteiger partial charge < -0.3 is 55.3 Å². The van der Waals surface area contributed by atoms with Gasteiger partial charge in [0.25, 0.3) is 21.9 Å². The number of unbranched alkanes of at least 4 members (excludes halogenated alkanes) is 1. The molecule has 4 rings (SSSR count). The maximum absolute atomic E-state index is 13.3. The van der Waals surface area contributed by atoms with Crippen LogP contribution in [-0.4, -0.2) is 154 Å². The number of aliphatic hydroxyl groups excluding tert-OH is 3. The molecule has 21 nitrogen and oxygen atoms in total. The van der Waals surface area contributed by atoms with Crippen LogP contribution in [0.1, 0.15) is 30.4 Å². The highest BCUT2D eigenvalue weighted by atomic mass is 32.2. The summed E-state index contributed by atoms with van der Waals surface area (Å²) < 4.78 is 52.0. The Morgan fingerprint density at radius 2 is 1.72 bits per heavy atom. The van der Waals surface area contributed by atoms with E-state index in [0.717, 1.165) is 22.0 Å². The standard InChI is InChI=1S/C31H40N4O17S/c32-31(45)50-14-17-5-4-16(11-20(17)51-30-26(41)24(39)25(40)27(52-30)29(43)44)3-1-2-8-33-21(36)13-34-18(15-49-9-10-53(46,47)48)12-19(28(34)42)35-22(37)6-7-23(35)38/h4-7,11,18-19,24-27,30,39-41H,1-3,8-10,12-15H2,(H2,32,45)(H,33,36)(H,43,44)(H,46,47,48)/t18-,19-,24-,25-,26+,27-,30+/m0/s1. The summed E-state index contributed by atoms with van der Waals surface area (Å²) in [6.45, 7) is -1.29. The number of carboxylic acid groups (broad SMARTS) is 1. The molecule has 0 unspecified atom stereocenters. The van der Waals surface area contributed by atoms with Crippen LogP contribution >= 0.6 is 0 Å². The van der Waals surface area contributed by atoms with Crippen LogP contribution in [0.15, 0.2) is 30.4 Å². The minimum atomic E-state index is -4.31. The Hall–Kier alpha value is -4.71. The first-order valence-electron chi connectivity index (χ1n) is 16.2. The number of nitrogens with one attached hydrogen (secondary N) is 1. The van der Waals surface area contributed by atoms with Gasteiger partial charge in [0.15, 0.2) is 6.10 Å². The second-order valence-corrected chi connectivity index (χ2v) is 13.9. The highest BCUT2D eigenvalue weighted by Gasteiger charge is 2.49. The van der Waals surface area contributed by atoms with E-state index in [-0.39, 0.29) is 37.5 Å². The Kier molecular flexibility index (Phi) is 13.8. The number of amides is 5. The first-order chi connectivity index (χ1) is 25.0. The fraction of sp³-hybridized carbons (Fsp3) is 0.548. The van der Waals surface area contributed by atoms with Crippen molar-refractivity contribution in [3.05, 3.63) is 41.5 Å². The van der Waals surface area contributed by atoms with Gasteiger partial charge >= 0.3 is 12.1 Å². The fourth-order valence-corrected chi connectivity index (χ4v) is 6.17. The minimum Gasteiger partial charge on any atom is -0.479 e. The zero-order valence-corrected chi connectivity index (χ0v) is 28.8. The van der Waals surface area contributed by atoms with Crippen molar-refractivity contribution in [3.63, 3.8) is 0 Å². The van der Waals surface area contributed by atoms with Crippen LogP contribution in [0.25, 0.3) is 0 Å². The number of nitrogens with two attached hydrogens (primary N) is 1. The summed E-state index contributed by atoms with van der Waals surface area (Å²) in [4.78, 5) is 75.2. The number of aryl methyl sites for hydroxylation is 1. The summed E-state index contributed by atoms with van der Waals surface area (Å²) in [5.41, 5.74) is 5.97. The van der Waals surface area contributed by atoms with Gasteiger partial charge in [-0.05, 0) is 30.9 Å². The lowest BCUT2D eigenvalue weighted by Gasteiger charge is -2.38. The van der Waals surface area contributed by atoms with E-state index in [2.05, 4.69) is 5.32 Å². The number of nitrogens with zero attached hydrogens (tertiary/aromatic N) is 2. The number of rotatable bonds is 18. The van der Waals surface area contributed by atoms with Crippen molar-refractivity contribution in [1.82, 2.24) is 15.1 Å². The third-order valence-electron chi connectivity index (χ3n) is 8.54. The van der Waals surface area contributed by atoms with Crippen molar-refractivity contribution in [2.24, 2.45) is 5.73 Å². The lowest BCUT2D eigenvalue weighted by molar-refractivity contribution is -0.271. The SMILES string of the molecule is NC(=O)OCc1ccc(CCCCNC(=O)CN2C(=O)[C@@H](N3C(=O)C=CC3=O)C[C@H]2COCCS(=O)(=O)O)cc1O[C@@H]1O[C@H](C(=O)O)[C@@H](O)[C@H](O)[C@H]1O. The molecule has 0 radical (unpaired) electrons. The highest BCUT2D eigenvalue weighted by molar-refractivity contribution is 7.85. The number of carbonyl (C=O) groups is 6. The van der Waals surface area contributed by atoms with Crippen molar-refractivity contribution in [3.8, 4) is 5.75 Å². The van der Waals surface area contributed by atoms with Crippen LogP contribution in [0, 0.1) is 0 Å². The predicted octanol–water partition coefficient (Wildman–Crippen LogP) is -3.21. The van der Waals surface area contributed by atoms with E-state index in [4.69, 9.17) is 29.2 Å². The van der Waals surface area contributed by atoms with Gasteiger partial charge in [0.2, 0.25) is 18.1 Å². The molecular formula is C31H40N4O17S. The van der Waals surface area contributed by atoms with Crippen LogP contribution in [0.4, 0.5) is 4.79 Å². The number of hydrogen-bond acceptors (Lipinski definition) is 15. The first kappa shape index (κ1) is 41.1. The molecule has 22 heteroatoms. The van der Waals surface area contributed by atoms with Gasteiger partial charge in [-0.25, -0.2) is 9.59 Å². The van der Waals surface area contributed by atoms with Crippen molar-refractivity contribution >= 4 is 45.8 Å². The number of carboxylic acids is 1. The molecule has 0 aromatic heterocycles. The first-order valence-corrected chi connectivity index (χ1v) is 17.9. The van der Waals surface area contributed by atoms with Gasteiger partial charge in [-0.15, -0.1) is 0 Å². The summed E-state index contributed by atoms with van der Waals surface area (Å²) in [7, 11) is -4.31. The zero-order valence-electron chi connectivity index (χ0n) is 28.0. The lowest BCUT2D eigenvalue weighted by Crippen LogP contribution is -2.61. The Morgan fingerprint density at radius 1 is 1.02 bits per heavy atom. The number of carbonyl (C=O) groups excluding carboxylic acids is 5. The molecule has 2 fully saturated rings. The molecule has 2 saturated heterocycles. The van der Waals surface area contributed by atoms with Gasteiger partial charge in [-0.2, -0.15) is 8.42 Å². The largest absolute Gasteiger partial charge is 0.479 e. The highest BCUT2D eigenvalue weighted by Crippen LogP contribution is 2.29. The molecule has 3 aliphatic heterocycles. The number of ether oxygens (including phenoxy) is 4. The number of aliphatic hydroxyl groups is 3. The van der Waals surface area contributed by atoms with Crippen LogP contribution in [-0.2, 0) is 61.3 Å². The van der Waals surface area contributed by atoms with Crippen LogP contribution < -0.4 is 15.8 Å². The van der Waals surface area contributed by atoms with E-state index < -0.39 is 108 Å². The lowest BCUT2D eigenvalue weighted by atomic mass is 9.99. The maximum atomic E-state index is 13.3. The van der Waals surface area contributed by atoms with E-state index in [9.17, 15) is 57.6 Å². The average Bonchev–Trinajstić information content (AvgIpc) is 3.57. The molecule has 7 atom stereocenters. The predicted molar refractivity (Wildman–Crippen MR) is 174 cm³/mol. The summed E-state index contributed by atoms with van der Waals surface area (Å²) >= 11 is 0. The molecule has 8 N–H and O–H groups in total. The van der Waals surface area contributed by atoms with E-state index in [0.29, 0.717) is 24.8 Å². The van der Waals surface area contributed by atoms with E-state index in [1.54, 1.807) is 6.07 Å². The summed E-state index contributed by atoms with van der Waals surface area (Å²) in [5, 5.41) is 42.5. The fourth-order valence-electron chi connectivity index (χ4n) is 5.84. The third-order valence-corrected chi connectivity index (χ3v) is 9.22. The summed E-state index contributed by atoms with van der Waals surface area (Å²) in [6.07, 6.45) is -7.15. The van der Waals surface area contributed by atoms with Crippen molar-refractivity contribution in [2.75, 3.05) is 32.1 Å². The quantitative estimate of drug-likeness (QED) is 0.0439. The molecule has 0 bridgehead atoms. The van der Waals surface area contributed by atoms with E-state index >= 15 is 0 Å². The van der Waals surface area contributed by atoms with Crippen molar-refractivity contribution < 1.29 is 81.1 Å². The Morgan fingerprint density at radius 3 is 2.36 bits per heavy atom. The number of aliphatic carboxylic acids is 1. The van der Waals surface area contributed by atoms with E-state index in [1.165, 1.54) is 12.1 Å². The number of benzene rings is 1. The van der Waals surface area contributed by atoms with Crippen LogP contribution in [0.5, 0.6) is 5.75 Å².